The fourth-order valence-electron chi connectivity index (χ4n) is 2.89. The van der Waals surface area contributed by atoms with Crippen molar-refractivity contribution in [2.45, 2.75) is 33.3 Å². The lowest BCUT2D eigenvalue weighted by Crippen LogP contribution is -2.27. The Morgan fingerprint density at radius 2 is 1.77 bits per heavy atom. The molecule has 1 amide bonds. The smallest absolute Gasteiger partial charge is 0.412 e. The lowest BCUT2D eigenvalue weighted by molar-refractivity contribution is -0.384. The van der Waals surface area contributed by atoms with Gasteiger partial charge in [0.05, 0.1) is 10.6 Å². The van der Waals surface area contributed by atoms with E-state index in [1.165, 1.54) is 6.07 Å². The zero-order valence-corrected chi connectivity index (χ0v) is 17.8. The van der Waals surface area contributed by atoms with Crippen molar-refractivity contribution in [1.82, 2.24) is 4.98 Å². The van der Waals surface area contributed by atoms with Crippen LogP contribution in [0.1, 0.15) is 26.3 Å². The minimum Gasteiger partial charge on any atom is -0.444 e. The lowest BCUT2D eigenvalue weighted by atomic mass is 10.1. The van der Waals surface area contributed by atoms with E-state index in [0.717, 1.165) is 11.1 Å². The Hall–Kier alpha value is -3.94. The molecule has 0 atom stereocenters. The number of carbonyl (C=O) groups excluding carboxylic acids is 1. The normalized spacial score (nSPS) is 11.0. The Balaban J connectivity index is 1.86. The predicted molar refractivity (Wildman–Crippen MR) is 121 cm³/mol. The lowest BCUT2D eigenvalue weighted by Gasteiger charge is -2.20. The molecule has 3 aromatic rings. The molecule has 3 rings (SSSR count). The van der Waals surface area contributed by atoms with Gasteiger partial charge in [0.25, 0.3) is 0 Å². The number of hydrogen-bond donors (Lipinski definition) is 2. The number of pyridine rings is 1. The zero-order chi connectivity index (χ0) is 22.6. The number of ether oxygens (including phenoxy) is 1. The fourth-order valence-corrected chi connectivity index (χ4v) is 2.89. The minimum atomic E-state index is -0.602. The third-order valence-corrected chi connectivity index (χ3v) is 4.26. The fraction of sp³-hybridized carbons (Fsp3) is 0.217. The van der Waals surface area contributed by atoms with Gasteiger partial charge in [-0.15, -0.1) is 0 Å². The molecule has 0 radical (unpaired) electrons. The van der Waals surface area contributed by atoms with Crippen molar-refractivity contribution in [3.63, 3.8) is 0 Å². The molecule has 8 nitrogen and oxygen atoms in total. The van der Waals surface area contributed by atoms with Gasteiger partial charge in [-0.25, -0.2) is 9.78 Å². The molecule has 160 valence electrons. The van der Waals surface area contributed by atoms with Crippen LogP contribution in [0.4, 0.5) is 27.7 Å². The first-order chi connectivity index (χ1) is 14.6. The van der Waals surface area contributed by atoms with Crippen molar-refractivity contribution in [2.24, 2.45) is 0 Å². The first-order valence-corrected chi connectivity index (χ1v) is 9.71. The molecular weight excluding hydrogens is 396 g/mol. The third kappa shape index (κ3) is 5.79. The largest absolute Gasteiger partial charge is 0.444 e. The van der Waals surface area contributed by atoms with Crippen LogP contribution in [-0.2, 0) is 4.74 Å². The van der Waals surface area contributed by atoms with Crippen LogP contribution in [-0.4, -0.2) is 21.6 Å². The third-order valence-electron chi connectivity index (χ3n) is 4.26. The molecule has 8 heteroatoms. The van der Waals surface area contributed by atoms with Crippen LogP contribution in [0.5, 0.6) is 0 Å². The summed E-state index contributed by atoms with van der Waals surface area (Å²) in [5, 5.41) is 17.2. The maximum absolute atomic E-state index is 12.0. The van der Waals surface area contributed by atoms with Gasteiger partial charge in [0.1, 0.15) is 5.60 Å². The van der Waals surface area contributed by atoms with Crippen LogP contribution in [0.25, 0.3) is 11.3 Å². The minimum absolute atomic E-state index is 0.130. The van der Waals surface area contributed by atoms with Gasteiger partial charge in [0.2, 0.25) is 5.82 Å². The van der Waals surface area contributed by atoms with Gasteiger partial charge in [-0.3, -0.25) is 15.4 Å². The maximum Gasteiger partial charge on any atom is 0.412 e. The van der Waals surface area contributed by atoms with Gasteiger partial charge < -0.3 is 10.1 Å². The Morgan fingerprint density at radius 3 is 2.39 bits per heavy atom. The molecule has 0 aliphatic rings. The van der Waals surface area contributed by atoms with E-state index in [9.17, 15) is 14.9 Å². The molecule has 0 spiro atoms. The molecule has 1 heterocycles. The van der Waals surface area contributed by atoms with Crippen molar-refractivity contribution in [3.8, 4) is 11.3 Å². The number of aryl methyl sites for hydroxylation is 1. The molecular formula is C23H24N4O4. The first kappa shape index (κ1) is 21.8. The van der Waals surface area contributed by atoms with E-state index in [-0.39, 0.29) is 11.5 Å². The molecule has 1 aromatic heterocycles. The summed E-state index contributed by atoms with van der Waals surface area (Å²) in [5.41, 5.74) is 2.71. The number of nitrogens with zero attached hydrogens (tertiary/aromatic N) is 2. The molecule has 2 N–H and O–H groups in total. The summed E-state index contributed by atoms with van der Waals surface area (Å²) >= 11 is 0. The van der Waals surface area contributed by atoms with Crippen molar-refractivity contribution in [2.75, 3.05) is 10.6 Å². The van der Waals surface area contributed by atoms with Gasteiger partial charge in [-0.05, 0) is 57.5 Å². The van der Waals surface area contributed by atoms with Crippen molar-refractivity contribution in [3.05, 3.63) is 76.3 Å². The van der Waals surface area contributed by atoms with E-state index in [0.29, 0.717) is 17.1 Å². The summed E-state index contributed by atoms with van der Waals surface area (Å²) in [5.74, 6) is 0.141. The average molecular weight is 420 g/mol. The maximum atomic E-state index is 12.0. The summed E-state index contributed by atoms with van der Waals surface area (Å²) in [4.78, 5) is 27.5. The van der Waals surface area contributed by atoms with Crippen LogP contribution in [0.3, 0.4) is 0 Å². The number of carbonyl (C=O) groups is 1. The van der Waals surface area contributed by atoms with E-state index >= 15 is 0 Å². The molecule has 0 aliphatic carbocycles. The summed E-state index contributed by atoms with van der Waals surface area (Å²) in [6.07, 6.45) is -0.555. The van der Waals surface area contributed by atoms with E-state index in [1.807, 2.05) is 37.3 Å². The second-order valence-corrected chi connectivity index (χ2v) is 7.97. The zero-order valence-electron chi connectivity index (χ0n) is 17.8. The Bertz CT molecular complexity index is 1110. The molecule has 0 fully saturated rings. The highest BCUT2D eigenvalue weighted by molar-refractivity contribution is 5.86. The topological polar surface area (TPSA) is 106 Å². The molecule has 0 bridgehead atoms. The summed E-state index contributed by atoms with van der Waals surface area (Å²) in [6, 6.07) is 17.7. The molecule has 0 saturated carbocycles. The number of nitrogens with one attached hydrogen (secondary N) is 2. The van der Waals surface area contributed by atoms with Gasteiger partial charge in [0.15, 0.2) is 0 Å². The highest BCUT2D eigenvalue weighted by atomic mass is 16.6. The standard InChI is InChI=1S/C23H24N4O4/c1-15-14-17(24-22(28)31-23(2,3)4)10-11-18(15)25-21-20(27(29)30)13-12-19(26-21)16-8-6-5-7-9-16/h5-14H,1-4H3,(H,24,28)(H,25,26). The number of benzene rings is 2. The Morgan fingerprint density at radius 1 is 1.06 bits per heavy atom. The Kier molecular flexibility index (Phi) is 6.20. The number of nitro groups is 1. The quantitative estimate of drug-likeness (QED) is 0.384. The van der Waals surface area contributed by atoms with Gasteiger partial charge in [-0.2, -0.15) is 0 Å². The second kappa shape index (κ2) is 8.83. The van der Waals surface area contributed by atoms with Gasteiger partial charge >= 0.3 is 11.8 Å². The molecule has 31 heavy (non-hydrogen) atoms. The number of anilines is 3. The molecule has 0 saturated heterocycles. The number of amides is 1. The number of aromatic nitrogens is 1. The van der Waals surface area contributed by atoms with E-state index in [2.05, 4.69) is 15.6 Å². The highest BCUT2D eigenvalue weighted by Crippen LogP contribution is 2.31. The van der Waals surface area contributed by atoms with E-state index in [4.69, 9.17) is 4.74 Å². The van der Waals surface area contributed by atoms with Crippen LogP contribution in [0, 0.1) is 17.0 Å². The molecule has 0 aliphatic heterocycles. The average Bonchev–Trinajstić information content (AvgIpc) is 2.69. The van der Waals surface area contributed by atoms with Crippen LogP contribution in [0.2, 0.25) is 0 Å². The van der Waals surface area contributed by atoms with Crippen LogP contribution in [0.15, 0.2) is 60.7 Å². The monoisotopic (exact) mass is 420 g/mol. The number of hydrogen-bond acceptors (Lipinski definition) is 6. The Labute approximate surface area is 180 Å². The number of rotatable bonds is 5. The van der Waals surface area contributed by atoms with E-state index < -0.39 is 16.6 Å². The summed E-state index contributed by atoms with van der Waals surface area (Å²) < 4.78 is 5.25. The van der Waals surface area contributed by atoms with Gasteiger partial charge in [-0.1, -0.05) is 30.3 Å². The summed E-state index contributed by atoms with van der Waals surface area (Å²) in [6.45, 7) is 7.19. The van der Waals surface area contributed by atoms with Crippen molar-refractivity contribution >= 4 is 29.0 Å². The van der Waals surface area contributed by atoms with Crippen LogP contribution >= 0.6 is 0 Å². The second-order valence-electron chi connectivity index (χ2n) is 7.97. The molecule has 0 unspecified atom stereocenters. The predicted octanol–water partition coefficient (Wildman–Crippen LogP) is 6.06. The first-order valence-electron chi connectivity index (χ1n) is 9.71. The summed E-state index contributed by atoms with van der Waals surface area (Å²) in [7, 11) is 0. The highest BCUT2D eigenvalue weighted by Gasteiger charge is 2.19. The SMILES string of the molecule is Cc1cc(NC(=O)OC(C)(C)C)ccc1Nc1nc(-c2ccccc2)ccc1[N+](=O)[O-]. The van der Waals surface area contributed by atoms with Crippen LogP contribution < -0.4 is 10.6 Å². The molecule has 2 aromatic carbocycles. The van der Waals surface area contributed by atoms with E-state index in [1.54, 1.807) is 45.0 Å². The van der Waals surface area contributed by atoms with Gasteiger partial charge in [0, 0.05) is 23.0 Å². The van der Waals surface area contributed by atoms with Crippen molar-refractivity contribution < 1.29 is 14.5 Å². The van der Waals surface area contributed by atoms with Crippen molar-refractivity contribution in [1.29, 1.82) is 0 Å².